The van der Waals surface area contributed by atoms with E-state index in [-0.39, 0.29) is 31.6 Å². The van der Waals surface area contributed by atoms with E-state index in [0.29, 0.717) is 22.6 Å². The molecule has 1 aliphatic heterocycles. The van der Waals surface area contributed by atoms with Crippen molar-refractivity contribution in [1.82, 2.24) is 14.9 Å². The van der Waals surface area contributed by atoms with Gasteiger partial charge in [0, 0.05) is 25.5 Å². The number of anilines is 1. The molecule has 1 aromatic carbocycles. The number of benzene rings is 1. The fraction of sp³-hybridized carbons (Fsp3) is 0.385. The van der Waals surface area contributed by atoms with E-state index in [9.17, 15) is 23.2 Å². The summed E-state index contributed by atoms with van der Waals surface area (Å²) in [7, 11) is 1.51. The lowest BCUT2D eigenvalue weighted by atomic mass is 9.67. The van der Waals surface area contributed by atoms with Crippen LogP contribution in [0.3, 0.4) is 0 Å². The molecule has 10 heteroatoms. The minimum Gasteiger partial charge on any atom is -0.497 e. The Morgan fingerprint density at radius 3 is 2.50 bits per heavy atom. The largest absolute Gasteiger partial charge is 0.497 e. The van der Waals surface area contributed by atoms with Gasteiger partial charge in [-0.15, -0.1) is 0 Å². The van der Waals surface area contributed by atoms with Gasteiger partial charge in [0.15, 0.2) is 5.78 Å². The van der Waals surface area contributed by atoms with Gasteiger partial charge in [0.2, 0.25) is 17.7 Å². The van der Waals surface area contributed by atoms with Crippen LogP contribution < -0.4 is 10.1 Å². The van der Waals surface area contributed by atoms with Crippen LogP contribution in [0, 0.1) is 0 Å². The number of H-pyrrole nitrogens is 1. The van der Waals surface area contributed by atoms with Crippen LogP contribution >= 0.6 is 0 Å². The zero-order valence-electron chi connectivity index (χ0n) is 19.7. The molecule has 188 valence electrons. The van der Waals surface area contributed by atoms with Crippen LogP contribution in [0.1, 0.15) is 37.7 Å². The number of methoxy groups -OCH3 is 1. The van der Waals surface area contributed by atoms with E-state index in [1.807, 2.05) is 0 Å². The molecule has 0 spiro atoms. The number of hydrogen-bond acceptors (Lipinski definition) is 5. The highest BCUT2D eigenvalue weighted by Crippen LogP contribution is 2.47. The molecule has 2 aromatic heterocycles. The Hall–Kier alpha value is -3.82. The number of fused-ring (bicyclic) bond motifs is 1. The Balaban J connectivity index is 1.44. The van der Waals surface area contributed by atoms with Crippen molar-refractivity contribution in [3.8, 4) is 5.75 Å². The van der Waals surface area contributed by atoms with Gasteiger partial charge in [-0.3, -0.25) is 14.4 Å². The van der Waals surface area contributed by atoms with E-state index in [0.717, 1.165) is 5.52 Å². The quantitative estimate of drug-likeness (QED) is 0.559. The van der Waals surface area contributed by atoms with E-state index in [1.54, 1.807) is 48.7 Å². The zero-order valence-corrected chi connectivity index (χ0v) is 19.7. The van der Waals surface area contributed by atoms with Crippen LogP contribution in [0.25, 0.3) is 11.0 Å². The number of carbonyl (C=O) groups is 3. The smallest absolute Gasteiger partial charge is 0.248 e. The summed E-state index contributed by atoms with van der Waals surface area (Å²) in [6, 6.07) is 10.9. The average Bonchev–Trinajstić information content (AvgIpc) is 3.50. The number of rotatable bonds is 5. The predicted molar refractivity (Wildman–Crippen MR) is 128 cm³/mol. The van der Waals surface area contributed by atoms with Crippen molar-refractivity contribution in [1.29, 1.82) is 0 Å². The van der Waals surface area contributed by atoms with Gasteiger partial charge >= 0.3 is 0 Å². The molecular formula is C26H26F2N4O4. The fourth-order valence-corrected chi connectivity index (χ4v) is 5.21. The number of nitrogens with zero attached hydrogens (tertiary/aromatic N) is 2. The highest BCUT2D eigenvalue weighted by atomic mass is 19.3. The van der Waals surface area contributed by atoms with Gasteiger partial charge in [0.1, 0.15) is 17.6 Å². The number of ketones is 1. The maximum atomic E-state index is 14.1. The lowest BCUT2D eigenvalue weighted by molar-refractivity contribution is -0.146. The van der Waals surface area contributed by atoms with Crippen LogP contribution in [0.15, 0.2) is 48.7 Å². The molecule has 1 saturated heterocycles. The second-order valence-electron chi connectivity index (χ2n) is 9.45. The van der Waals surface area contributed by atoms with Crippen molar-refractivity contribution in [2.75, 3.05) is 19.0 Å². The molecule has 0 radical (unpaired) electrons. The molecule has 3 aromatic rings. The Labute approximate surface area is 206 Å². The number of Topliss-reactive ketones (excluding diaryl/α,β-unsaturated/α-hetero) is 1. The van der Waals surface area contributed by atoms with Crippen molar-refractivity contribution in [2.24, 2.45) is 0 Å². The van der Waals surface area contributed by atoms with Crippen molar-refractivity contribution in [2.45, 2.75) is 49.5 Å². The molecule has 2 aliphatic rings. The van der Waals surface area contributed by atoms with Gasteiger partial charge in [-0.1, -0.05) is 12.1 Å². The summed E-state index contributed by atoms with van der Waals surface area (Å²) in [6.45, 7) is -0.241. The summed E-state index contributed by atoms with van der Waals surface area (Å²) >= 11 is 0. The number of hydrogen-bond donors (Lipinski definition) is 2. The topological polar surface area (TPSA) is 104 Å². The lowest BCUT2D eigenvalue weighted by Crippen LogP contribution is -2.54. The molecule has 2 fully saturated rings. The molecule has 2 N–H and O–H groups in total. The van der Waals surface area contributed by atoms with Crippen LogP contribution in [-0.2, 0) is 19.8 Å². The SMILES string of the molecule is COc1ccc(C2(C(=O)N3CC(=O)C[C@@H]3C(=O)Nc3ccc4[nH]ccc4n3)CCC(F)(F)CC2)cc1. The molecule has 8 nitrogen and oxygen atoms in total. The highest BCUT2D eigenvalue weighted by Gasteiger charge is 2.53. The molecule has 3 heterocycles. The van der Waals surface area contributed by atoms with E-state index in [1.165, 1.54) is 12.0 Å². The Kier molecular flexibility index (Phi) is 5.97. The van der Waals surface area contributed by atoms with Gasteiger partial charge in [-0.2, -0.15) is 0 Å². The molecule has 1 aliphatic carbocycles. The van der Waals surface area contributed by atoms with Crippen molar-refractivity contribution >= 4 is 34.4 Å². The molecule has 1 saturated carbocycles. The fourth-order valence-electron chi connectivity index (χ4n) is 5.21. The predicted octanol–water partition coefficient (Wildman–Crippen LogP) is 3.83. The maximum absolute atomic E-state index is 14.1. The molecule has 5 rings (SSSR count). The van der Waals surface area contributed by atoms with Gasteiger partial charge in [0.25, 0.3) is 0 Å². The van der Waals surface area contributed by atoms with E-state index in [4.69, 9.17) is 4.74 Å². The number of alkyl halides is 2. The first-order valence-corrected chi connectivity index (χ1v) is 11.8. The second kappa shape index (κ2) is 9.00. The van der Waals surface area contributed by atoms with Crippen LogP contribution in [0.4, 0.5) is 14.6 Å². The van der Waals surface area contributed by atoms with Crippen molar-refractivity contribution in [3.05, 3.63) is 54.2 Å². The standard InChI is InChI=1S/C26H26F2N4O4/c1-36-18-4-2-16(3-5-18)25(9-11-26(27,28)12-10-25)24(35)32-15-17(33)14-21(32)23(34)31-22-7-6-19-20(30-22)8-13-29-19/h2-8,13,21,29H,9-12,14-15H2,1H3,(H,30,31,34)/t21-/m1/s1. The Morgan fingerprint density at radius 1 is 1.08 bits per heavy atom. The Morgan fingerprint density at radius 2 is 1.81 bits per heavy atom. The lowest BCUT2D eigenvalue weighted by Gasteiger charge is -2.42. The highest BCUT2D eigenvalue weighted by molar-refractivity contribution is 6.05. The van der Waals surface area contributed by atoms with Gasteiger partial charge in [0.05, 0.1) is 30.1 Å². The van der Waals surface area contributed by atoms with Crippen LogP contribution in [-0.4, -0.2) is 58.1 Å². The molecule has 1 atom stereocenters. The number of aromatic amines is 1. The van der Waals surface area contributed by atoms with Gasteiger partial charge in [-0.25, -0.2) is 13.8 Å². The van der Waals surface area contributed by atoms with Gasteiger partial charge in [-0.05, 0) is 48.7 Å². The second-order valence-corrected chi connectivity index (χ2v) is 9.45. The maximum Gasteiger partial charge on any atom is 0.248 e. The van der Waals surface area contributed by atoms with Crippen molar-refractivity contribution < 1.29 is 27.9 Å². The number of likely N-dealkylation sites (tertiary alicyclic amines) is 1. The van der Waals surface area contributed by atoms with E-state index >= 15 is 0 Å². The number of pyridine rings is 1. The summed E-state index contributed by atoms with van der Waals surface area (Å²) in [5.41, 5.74) is 0.766. The number of carbonyl (C=O) groups excluding carboxylic acids is 3. The number of nitrogens with one attached hydrogen (secondary N) is 2. The average molecular weight is 497 g/mol. The summed E-state index contributed by atoms with van der Waals surface area (Å²) < 4.78 is 33.5. The first kappa shape index (κ1) is 23.9. The summed E-state index contributed by atoms with van der Waals surface area (Å²) in [4.78, 5) is 48.3. The number of aromatic nitrogens is 2. The third kappa shape index (κ3) is 4.31. The normalized spacial score (nSPS) is 20.9. The summed E-state index contributed by atoms with van der Waals surface area (Å²) in [6.07, 6.45) is 0.504. The summed E-state index contributed by atoms with van der Waals surface area (Å²) in [5.74, 6) is -3.28. The van der Waals surface area contributed by atoms with E-state index < -0.39 is 42.0 Å². The Bertz CT molecular complexity index is 1310. The monoisotopic (exact) mass is 496 g/mol. The minimum absolute atomic E-state index is 0.0874. The van der Waals surface area contributed by atoms with Gasteiger partial charge < -0.3 is 19.9 Å². The number of ether oxygens (including phenoxy) is 1. The number of halogens is 2. The van der Waals surface area contributed by atoms with Crippen LogP contribution in [0.5, 0.6) is 5.75 Å². The third-order valence-electron chi connectivity index (χ3n) is 7.25. The molecule has 36 heavy (non-hydrogen) atoms. The first-order chi connectivity index (χ1) is 17.2. The zero-order chi connectivity index (χ0) is 25.5. The van der Waals surface area contributed by atoms with Crippen molar-refractivity contribution in [3.63, 3.8) is 0 Å². The number of amides is 2. The molecule has 0 bridgehead atoms. The van der Waals surface area contributed by atoms with E-state index in [2.05, 4.69) is 15.3 Å². The molecule has 0 unspecified atom stereocenters. The van der Waals surface area contributed by atoms with Crippen LogP contribution in [0.2, 0.25) is 0 Å². The minimum atomic E-state index is -2.86. The molecule has 2 amide bonds. The first-order valence-electron chi connectivity index (χ1n) is 11.8. The third-order valence-corrected chi connectivity index (χ3v) is 7.25. The summed E-state index contributed by atoms with van der Waals surface area (Å²) in [5, 5.41) is 2.71. The molecular weight excluding hydrogens is 470 g/mol.